The third-order valence-electron chi connectivity index (χ3n) is 3.14. The van der Waals surface area contributed by atoms with Gasteiger partial charge in [-0.05, 0) is 36.8 Å². The van der Waals surface area contributed by atoms with Crippen LogP contribution in [0.4, 0.5) is 0 Å². The minimum atomic E-state index is -3.36. The molecule has 1 aliphatic carbocycles. The molecule has 2 rings (SSSR count). The van der Waals surface area contributed by atoms with Gasteiger partial charge in [-0.3, -0.25) is 0 Å². The number of nitrogens with one attached hydrogen (secondary N) is 1. The molecule has 1 unspecified atom stereocenters. The standard InChI is InChI=1S/C13H18BrNO2S/c1-2-15-18(16,17)13-6-4-3-5-11(13)9-12(14)10-7-8-10/h3-6,10,12,15H,2,7-9H2,1H3. The summed E-state index contributed by atoms with van der Waals surface area (Å²) in [5.41, 5.74) is 0.896. The molecular weight excluding hydrogens is 314 g/mol. The topological polar surface area (TPSA) is 46.2 Å². The van der Waals surface area contributed by atoms with Gasteiger partial charge in [0.05, 0.1) is 4.90 Å². The van der Waals surface area contributed by atoms with Gasteiger partial charge >= 0.3 is 0 Å². The third-order valence-corrected chi connectivity index (χ3v) is 5.86. The van der Waals surface area contributed by atoms with Crippen molar-refractivity contribution in [3.8, 4) is 0 Å². The van der Waals surface area contributed by atoms with E-state index < -0.39 is 10.0 Å². The third kappa shape index (κ3) is 3.33. The van der Waals surface area contributed by atoms with Crippen molar-refractivity contribution >= 4 is 26.0 Å². The minimum absolute atomic E-state index is 0.385. The zero-order chi connectivity index (χ0) is 13.2. The van der Waals surface area contributed by atoms with Crippen LogP contribution in [0.3, 0.4) is 0 Å². The molecule has 1 aromatic rings. The van der Waals surface area contributed by atoms with Gasteiger partial charge in [-0.2, -0.15) is 0 Å². The molecule has 1 atom stereocenters. The molecule has 0 amide bonds. The Bertz CT molecular complexity index is 511. The summed E-state index contributed by atoms with van der Waals surface area (Å²) in [4.78, 5) is 0.799. The maximum absolute atomic E-state index is 12.1. The maximum atomic E-state index is 12.1. The highest BCUT2D eigenvalue weighted by Gasteiger charge is 2.30. The van der Waals surface area contributed by atoms with Crippen LogP contribution < -0.4 is 4.72 Å². The van der Waals surface area contributed by atoms with Crippen LogP contribution in [0.25, 0.3) is 0 Å². The Balaban J connectivity index is 2.24. The summed E-state index contributed by atoms with van der Waals surface area (Å²) in [5, 5.41) is 0. The Kier molecular flexibility index (Phi) is 4.45. The first-order valence-corrected chi connectivity index (χ1v) is 8.66. The monoisotopic (exact) mass is 331 g/mol. The zero-order valence-electron chi connectivity index (χ0n) is 10.4. The van der Waals surface area contributed by atoms with Gasteiger partial charge in [0, 0.05) is 11.4 Å². The lowest BCUT2D eigenvalue weighted by atomic mass is 10.1. The van der Waals surface area contributed by atoms with Crippen molar-refractivity contribution in [2.24, 2.45) is 5.92 Å². The molecule has 0 bridgehead atoms. The van der Waals surface area contributed by atoms with Gasteiger partial charge in [0.25, 0.3) is 0 Å². The second kappa shape index (κ2) is 5.72. The molecule has 0 saturated heterocycles. The summed E-state index contributed by atoms with van der Waals surface area (Å²) in [7, 11) is -3.36. The molecular formula is C13H18BrNO2S. The van der Waals surface area contributed by atoms with E-state index in [-0.39, 0.29) is 0 Å². The number of sulfonamides is 1. The fraction of sp³-hybridized carbons (Fsp3) is 0.538. The van der Waals surface area contributed by atoms with Crippen LogP contribution in [0.5, 0.6) is 0 Å². The first-order valence-electron chi connectivity index (χ1n) is 6.26. The van der Waals surface area contributed by atoms with Crippen molar-refractivity contribution in [2.75, 3.05) is 6.54 Å². The van der Waals surface area contributed by atoms with Crippen molar-refractivity contribution in [2.45, 2.75) is 35.9 Å². The molecule has 0 radical (unpaired) electrons. The first kappa shape index (κ1) is 14.0. The Morgan fingerprint density at radius 1 is 1.39 bits per heavy atom. The fourth-order valence-corrected chi connectivity index (χ4v) is 4.20. The number of alkyl halides is 1. The van der Waals surface area contributed by atoms with E-state index in [1.165, 1.54) is 12.8 Å². The number of benzene rings is 1. The van der Waals surface area contributed by atoms with Gasteiger partial charge in [-0.15, -0.1) is 0 Å². The summed E-state index contributed by atoms with van der Waals surface area (Å²) < 4.78 is 26.7. The highest BCUT2D eigenvalue weighted by atomic mass is 79.9. The lowest BCUT2D eigenvalue weighted by molar-refractivity contribution is 0.582. The Morgan fingerprint density at radius 3 is 2.67 bits per heavy atom. The molecule has 1 fully saturated rings. The summed E-state index contributed by atoms with van der Waals surface area (Å²) in [6.07, 6.45) is 3.27. The molecule has 1 aromatic carbocycles. The first-order chi connectivity index (χ1) is 8.54. The second-order valence-electron chi connectivity index (χ2n) is 4.67. The quantitative estimate of drug-likeness (QED) is 0.814. The average Bonchev–Trinajstić information content (AvgIpc) is 3.13. The van der Waals surface area contributed by atoms with Crippen molar-refractivity contribution in [1.29, 1.82) is 0 Å². The van der Waals surface area contributed by atoms with Gasteiger partial charge in [-0.1, -0.05) is 41.1 Å². The zero-order valence-corrected chi connectivity index (χ0v) is 12.8. The highest BCUT2D eigenvalue weighted by molar-refractivity contribution is 9.09. The van der Waals surface area contributed by atoms with Gasteiger partial charge < -0.3 is 0 Å². The van der Waals surface area contributed by atoms with E-state index in [4.69, 9.17) is 0 Å². The average molecular weight is 332 g/mol. The smallest absolute Gasteiger partial charge is 0.211 e. The number of hydrogen-bond donors (Lipinski definition) is 1. The Morgan fingerprint density at radius 2 is 2.06 bits per heavy atom. The fourth-order valence-electron chi connectivity index (χ4n) is 2.04. The molecule has 100 valence electrons. The SMILES string of the molecule is CCNS(=O)(=O)c1ccccc1CC(Br)C1CC1. The predicted octanol–water partition coefficient (Wildman–Crippen LogP) is 2.70. The van der Waals surface area contributed by atoms with Crippen molar-refractivity contribution < 1.29 is 8.42 Å². The van der Waals surface area contributed by atoms with Crippen LogP contribution in [0.2, 0.25) is 0 Å². The lowest BCUT2D eigenvalue weighted by Crippen LogP contribution is -2.24. The van der Waals surface area contributed by atoms with Crippen LogP contribution in [-0.4, -0.2) is 19.8 Å². The molecule has 3 nitrogen and oxygen atoms in total. The van der Waals surface area contributed by atoms with E-state index in [1.54, 1.807) is 19.1 Å². The Labute approximate surface area is 117 Å². The van der Waals surface area contributed by atoms with E-state index >= 15 is 0 Å². The van der Waals surface area contributed by atoms with E-state index in [9.17, 15) is 8.42 Å². The lowest BCUT2D eigenvalue weighted by Gasteiger charge is -2.13. The van der Waals surface area contributed by atoms with Crippen molar-refractivity contribution in [1.82, 2.24) is 4.72 Å². The van der Waals surface area contributed by atoms with Gasteiger partial charge in [0.2, 0.25) is 10.0 Å². The van der Waals surface area contributed by atoms with Gasteiger partial charge in [0.1, 0.15) is 0 Å². The van der Waals surface area contributed by atoms with Crippen LogP contribution in [0.1, 0.15) is 25.3 Å². The molecule has 1 saturated carbocycles. The minimum Gasteiger partial charge on any atom is -0.211 e. The second-order valence-corrected chi connectivity index (χ2v) is 7.58. The molecule has 1 N–H and O–H groups in total. The largest absolute Gasteiger partial charge is 0.240 e. The molecule has 0 aromatic heterocycles. The number of hydrogen-bond acceptors (Lipinski definition) is 2. The van der Waals surface area contributed by atoms with E-state index in [2.05, 4.69) is 20.7 Å². The molecule has 0 aliphatic heterocycles. The van der Waals surface area contributed by atoms with E-state index in [0.29, 0.717) is 22.2 Å². The Hall–Kier alpha value is -0.390. The van der Waals surface area contributed by atoms with E-state index in [0.717, 1.165) is 12.0 Å². The number of halogens is 1. The van der Waals surface area contributed by atoms with Crippen molar-refractivity contribution in [3.05, 3.63) is 29.8 Å². The summed E-state index contributed by atoms with van der Waals surface area (Å²) in [6.45, 7) is 2.20. The molecule has 18 heavy (non-hydrogen) atoms. The molecule has 0 heterocycles. The molecule has 5 heteroatoms. The van der Waals surface area contributed by atoms with Gasteiger partial charge in [-0.25, -0.2) is 13.1 Å². The summed E-state index contributed by atoms with van der Waals surface area (Å²) in [6, 6.07) is 7.25. The van der Waals surface area contributed by atoms with Crippen LogP contribution in [0.15, 0.2) is 29.2 Å². The molecule has 0 spiro atoms. The number of rotatable bonds is 6. The predicted molar refractivity (Wildman–Crippen MR) is 76.4 cm³/mol. The van der Waals surface area contributed by atoms with Crippen molar-refractivity contribution in [3.63, 3.8) is 0 Å². The van der Waals surface area contributed by atoms with E-state index in [1.807, 2.05) is 12.1 Å². The van der Waals surface area contributed by atoms with Crippen LogP contribution in [0, 0.1) is 5.92 Å². The summed E-state index contributed by atoms with van der Waals surface area (Å²) in [5.74, 6) is 0.708. The van der Waals surface area contributed by atoms with Gasteiger partial charge in [0.15, 0.2) is 0 Å². The van der Waals surface area contributed by atoms with Crippen LogP contribution >= 0.6 is 15.9 Å². The highest BCUT2D eigenvalue weighted by Crippen LogP contribution is 2.38. The van der Waals surface area contributed by atoms with Crippen LogP contribution in [-0.2, 0) is 16.4 Å². The summed E-state index contributed by atoms with van der Waals surface area (Å²) >= 11 is 3.67. The molecule has 1 aliphatic rings. The normalized spacial score (nSPS) is 17.7. The maximum Gasteiger partial charge on any atom is 0.240 e.